The summed E-state index contributed by atoms with van der Waals surface area (Å²) in [5, 5.41) is 0. The first-order valence-corrected chi connectivity index (χ1v) is 9.79. The molecule has 0 N–H and O–H groups in total. The highest BCUT2D eigenvalue weighted by atomic mass is 32.2. The number of anilines is 2. The van der Waals surface area contributed by atoms with Crippen LogP contribution in [0.2, 0.25) is 0 Å². The van der Waals surface area contributed by atoms with E-state index in [1.807, 2.05) is 36.0 Å². The molecular weight excluding hydrogens is 364 g/mol. The Labute approximate surface area is 163 Å². The van der Waals surface area contributed by atoms with Crippen molar-refractivity contribution in [3.05, 3.63) is 60.0 Å². The zero-order valence-electron chi connectivity index (χ0n) is 15.4. The van der Waals surface area contributed by atoms with Crippen LogP contribution in [0, 0.1) is 0 Å². The lowest BCUT2D eigenvalue weighted by atomic mass is 10.1. The third kappa shape index (κ3) is 4.19. The summed E-state index contributed by atoms with van der Waals surface area (Å²) in [4.78, 5) is 28.6. The van der Waals surface area contributed by atoms with Crippen molar-refractivity contribution in [3.63, 3.8) is 0 Å². The predicted molar refractivity (Wildman–Crippen MR) is 108 cm³/mol. The van der Waals surface area contributed by atoms with Crippen molar-refractivity contribution in [1.29, 1.82) is 0 Å². The summed E-state index contributed by atoms with van der Waals surface area (Å²) in [6.07, 6.45) is 6.73. The molecule has 0 aromatic heterocycles. The minimum atomic E-state index is -0.608. The zero-order chi connectivity index (χ0) is 19.2. The maximum atomic E-state index is 12.4. The van der Waals surface area contributed by atoms with E-state index in [0.29, 0.717) is 0 Å². The van der Waals surface area contributed by atoms with Crippen molar-refractivity contribution in [2.24, 2.45) is 0 Å². The number of thioether (sulfide) groups is 1. The number of hydrogen-bond donors (Lipinski definition) is 0. The summed E-state index contributed by atoms with van der Waals surface area (Å²) in [6.45, 7) is 2.05. The van der Waals surface area contributed by atoms with Gasteiger partial charge >= 0.3 is 11.9 Å². The number of allylic oxidation sites excluding steroid dienone is 2. The van der Waals surface area contributed by atoms with Gasteiger partial charge in [0.15, 0.2) is 0 Å². The molecule has 2 heterocycles. The lowest BCUT2D eigenvalue weighted by Crippen LogP contribution is -2.32. The summed E-state index contributed by atoms with van der Waals surface area (Å²) in [7, 11) is 2.57. The number of ether oxygens (including phenoxy) is 2. The molecular formula is C20H22N2O4S. The number of nitrogens with zero attached hydrogens (tertiary/aromatic N) is 2. The minimum Gasteiger partial charge on any atom is -0.465 e. The van der Waals surface area contributed by atoms with E-state index in [4.69, 9.17) is 9.47 Å². The second-order valence-electron chi connectivity index (χ2n) is 5.93. The van der Waals surface area contributed by atoms with Crippen LogP contribution in [0.5, 0.6) is 0 Å². The Bertz CT molecular complexity index is 793. The highest BCUT2D eigenvalue weighted by molar-refractivity contribution is 7.99. The predicted octanol–water partition coefficient (Wildman–Crippen LogP) is 2.73. The Morgan fingerprint density at radius 1 is 0.926 bits per heavy atom. The first-order valence-electron chi connectivity index (χ1n) is 8.63. The Morgan fingerprint density at radius 2 is 1.56 bits per heavy atom. The fraction of sp³-hybridized carbons (Fsp3) is 0.300. The number of carbonyl (C=O) groups is 2. The largest absolute Gasteiger partial charge is 0.465 e. The van der Waals surface area contributed by atoms with Crippen molar-refractivity contribution >= 4 is 35.1 Å². The van der Waals surface area contributed by atoms with Crippen molar-refractivity contribution in [3.8, 4) is 0 Å². The number of benzene rings is 1. The zero-order valence-corrected chi connectivity index (χ0v) is 16.2. The minimum absolute atomic E-state index is 0.122. The summed E-state index contributed by atoms with van der Waals surface area (Å²) in [5.74, 6) is 1.05. The number of rotatable bonds is 4. The van der Waals surface area contributed by atoms with Crippen LogP contribution in [-0.2, 0) is 19.1 Å². The molecule has 142 valence electrons. The molecule has 0 unspecified atom stereocenters. The van der Waals surface area contributed by atoms with Gasteiger partial charge in [0, 0.05) is 42.2 Å². The number of hydrogen-bond acceptors (Lipinski definition) is 7. The van der Waals surface area contributed by atoms with Crippen LogP contribution in [-0.4, -0.2) is 50.8 Å². The van der Waals surface area contributed by atoms with Gasteiger partial charge in [-0.25, -0.2) is 9.59 Å². The van der Waals surface area contributed by atoms with E-state index in [9.17, 15) is 9.59 Å². The second kappa shape index (κ2) is 8.81. The van der Waals surface area contributed by atoms with Crippen LogP contribution in [0.4, 0.5) is 11.4 Å². The van der Waals surface area contributed by atoms with Gasteiger partial charge in [0.25, 0.3) is 0 Å². The monoisotopic (exact) mass is 386 g/mol. The Kier molecular flexibility index (Phi) is 6.24. The maximum Gasteiger partial charge on any atom is 0.355 e. The molecule has 6 nitrogen and oxygen atoms in total. The summed E-state index contributed by atoms with van der Waals surface area (Å²) < 4.78 is 9.75. The van der Waals surface area contributed by atoms with Crippen molar-refractivity contribution in [1.82, 2.24) is 0 Å². The Hall–Kier alpha value is -2.67. The van der Waals surface area contributed by atoms with Crippen LogP contribution in [0.25, 0.3) is 0 Å². The molecule has 1 saturated heterocycles. The highest BCUT2D eigenvalue weighted by Gasteiger charge is 2.27. The summed E-state index contributed by atoms with van der Waals surface area (Å²) >= 11 is 1.97. The highest BCUT2D eigenvalue weighted by Crippen LogP contribution is 2.29. The van der Waals surface area contributed by atoms with Gasteiger partial charge < -0.3 is 19.3 Å². The summed E-state index contributed by atoms with van der Waals surface area (Å²) in [6, 6.07) is 7.93. The van der Waals surface area contributed by atoms with Crippen molar-refractivity contribution < 1.29 is 19.1 Å². The molecule has 2 aliphatic heterocycles. The van der Waals surface area contributed by atoms with E-state index >= 15 is 0 Å². The molecule has 1 fully saturated rings. The van der Waals surface area contributed by atoms with E-state index in [0.717, 1.165) is 36.0 Å². The SMILES string of the molecule is COC(=O)C1=C(C(=O)OC)N(c2ccc(N3CCSCC3)cc2)C=CC=C1. The Balaban J connectivity index is 1.97. The molecule has 2 aliphatic rings. The molecule has 1 aromatic rings. The average Bonchev–Trinajstić information content (AvgIpc) is 2.96. The van der Waals surface area contributed by atoms with Crippen molar-refractivity contribution in [2.45, 2.75) is 0 Å². The topological polar surface area (TPSA) is 59.1 Å². The molecule has 0 spiro atoms. The van der Waals surface area contributed by atoms with Gasteiger partial charge in [-0.2, -0.15) is 11.8 Å². The fourth-order valence-corrected chi connectivity index (χ4v) is 3.91. The standard InChI is InChI=1S/C20H22N2O4S/c1-25-19(23)17-5-3-4-10-22(18(17)20(24)26-2)16-8-6-15(7-9-16)21-11-13-27-14-12-21/h3-10H,11-14H2,1-2H3. The lowest BCUT2D eigenvalue weighted by Gasteiger charge is -2.29. The Morgan fingerprint density at radius 3 is 2.19 bits per heavy atom. The van der Waals surface area contributed by atoms with E-state index in [2.05, 4.69) is 4.90 Å². The average molecular weight is 386 g/mol. The fourth-order valence-electron chi connectivity index (χ4n) is 3.01. The number of esters is 2. The van der Waals surface area contributed by atoms with E-state index < -0.39 is 11.9 Å². The van der Waals surface area contributed by atoms with Gasteiger partial charge in [-0.3, -0.25) is 0 Å². The van der Waals surface area contributed by atoms with Gasteiger partial charge in [0.05, 0.1) is 19.8 Å². The molecule has 1 aromatic carbocycles. The molecule has 0 aliphatic carbocycles. The third-order valence-electron chi connectivity index (χ3n) is 4.39. The van der Waals surface area contributed by atoms with E-state index in [-0.39, 0.29) is 11.3 Å². The maximum absolute atomic E-state index is 12.4. The van der Waals surface area contributed by atoms with E-state index in [1.54, 1.807) is 29.3 Å². The van der Waals surface area contributed by atoms with Crippen molar-refractivity contribution in [2.75, 3.05) is 48.6 Å². The normalized spacial score (nSPS) is 17.0. The van der Waals surface area contributed by atoms with Crippen LogP contribution in [0.1, 0.15) is 0 Å². The van der Waals surface area contributed by atoms with Gasteiger partial charge in [-0.1, -0.05) is 6.08 Å². The van der Waals surface area contributed by atoms with Gasteiger partial charge in [0.2, 0.25) is 0 Å². The van der Waals surface area contributed by atoms with Crippen LogP contribution >= 0.6 is 11.8 Å². The van der Waals surface area contributed by atoms with Gasteiger partial charge in [-0.05, 0) is 36.4 Å². The van der Waals surface area contributed by atoms with Gasteiger partial charge in [0.1, 0.15) is 5.70 Å². The number of methoxy groups -OCH3 is 2. The molecule has 0 bridgehead atoms. The summed E-state index contributed by atoms with van der Waals surface area (Å²) in [5.41, 5.74) is 2.17. The quantitative estimate of drug-likeness (QED) is 0.738. The lowest BCUT2D eigenvalue weighted by molar-refractivity contribution is -0.139. The van der Waals surface area contributed by atoms with Crippen LogP contribution in [0.15, 0.2) is 60.0 Å². The molecule has 0 amide bonds. The molecule has 3 rings (SSSR count). The molecule has 0 radical (unpaired) electrons. The van der Waals surface area contributed by atoms with Crippen LogP contribution in [0.3, 0.4) is 0 Å². The second-order valence-corrected chi connectivity index (χ2v) is 7.16. The molecule has 0 saturated carbocycles. The molecule has 0 atom stereocenters. The molecule has 7 heteroatoms. The van der Waals surface area contributed by atoms with E-state index in [1.165, 1.54) is 14.2 Å². The molecule has 27 heavy (non-hydrogen) atoms. The smallest absolute Gasteiger partial charge is 0.355 e. The van der Waals surface area contributed by atoms with Gasteiger partial charge in [-0.15, -0.1) is 0 Å². The first kappa shape index (κ1) is 19.1. The van der Waals surface area contributed by atoms with Crippen LogP contribution < -0.4 is 9.80 Å². The first-order chi connectivity index (χ1) is 13.2. The third-order valence-corrected chi connectivity index (χ3v) is 5.34. The number of carbonyl (C=O) groups excluding carboxylic acids is 2.